The number of benzene rings is 1. The largest absolute Gasteiger partial charge is 0.343 e. The second-order valence-corrected chi connectivity index (χ2v) is 10.3. The first kappa shape index (κ1) is 23.6. The van der Waals surface area contributed by atoms with E-state index in [0.717, 1.165) is 30.4 Å². The normalized spacial score (nSPS) is 18.3. The van der Waals surface area contributed by atoms with E-state index in [1.165, 1.54) is 60.1 Å². The van der Waals surface area contributed by atoms with Crippen molar-refractivity contribution in [3.63, 3.8) is 0 Å². The van der Waals surface area contributed by atoms with E-state index in [1.54, 1.807) is 5.56 Å². The Bertz CT molecular complexity index is 909. The maximum atomic E-state index is 4.37. The van der Waals surface area contributed by atoms with Crippen LogP contribution in [0.2, 0.25) is 0 Å². The van der Waals surface area contributed by atoms with Gasteiger partial charge < -0.3 is 4.90 Å². The zero-order valence-corrected chi connectivity index (χ0v) is 20.9. The molecule has 1 atom stereocenters. The van der Waals surface area contributed by atoms with Crippen LogP contribution in [0, 0.1) is 5.41 Å². The maximum absolute atomic E-state index is 4.37. The van der Waals surface area contributed by atoms with E-state index in [9.17, 15) is 0 Å². The minimum atomic E-state index is 0.219. The Hall–Kier alpha value is -2.02. The topological polar surface area (TPSA) is 3.24 Å². The van der Waals surface area contributed by atoms with Crippen molar-refractivity contribution < 1.29 is 0 Å². The molecule has 0 bridgehead atoms. The number of unbranched alkanes of at least 4 members (excludes halogenated alkanes) is 3. The van der Waals surface area contributed by atoms with E-state index in [2.05, 4.69) is 84.0 Å². The van der Waals surface area contributed by atoms with E-state index >= 15 is 0 Å². The molecule has 31 heavy (non-hydrogen) atoms. The van der Waals surface area contributed by atoms with Crippen LogP contribution in [0.15, 0.2) is 54.3 Å². The van der Waals surface area contributed by atoms with Gasteiger partial charge in [0.1, 0.15) is 0 Å². The van der Waals surface area contributed by atoms with Crippen LogP contribution < -0.4 is 0 Å². The van der Waals surface area contributed by atoms with Gasteiger partial charge in [0.2, 0.25) is 0 Å². The Kier molecular flexibility index (Phi) is 7.35. The van der Waals surface area contributed by atoms with Crippen molar-refractivity contribution in [2.24, 2.45) is 5.41 Å². The molecule has 0 saturated heterocycles. The summed E-state index contributed by atoms with van der Waals surface area (Å²) in [6.07, 6.45) is 14.5. The Morgan fingerprint density at radius 2 is 1.84 bits per heavy atom. The average Bonchev–Trinajstić information content (AvgIpc) is 2.74. The number of fused-ring (bicyclic) bond motifs is 3. The highest BCUT2D eigenvalue weighted by molar-refractivity contribution is 5.77. The fraction of sp³-hybridized carbons (Fsp3) is 0.533. The van der Waals surface area contributed by atoms with Gasteiger partial charge in [-0.1, -0.05) is 73.1 Å². The van der Waals surface area contributed by atoms with Crippen LogP contribution in [0.1, 0.15) is 95.9 Å². The summed E-state index contributed by atoms with van der Waals surface area (Å²) in [5.74, 6) is 0. The zero-order valence-electron chi connectivity index (χ0n) is 20.9. The van der Waals surface area contributed by atoms with Crippen molar-refractivity contribution in [2.45, 2.75) is 99.0 Å². The summed E-state index contributed by atoms with van der Waals surface area (Å²) in [5.41, 5.74) is 10.9. The van der Waals surface area contributed by atoms with Gasteiger partial charge in [-0.3, -0.25) is 0 Å². The molecule has 1 aromatic rings. The standard InChI is InChI=1S/C30H43N/c1-9-12-13-14-15-24-17-25-19-29(30(7,8)11-3)31-20-27(21(4)5)22(6)16-28(31)26(25)18-23(24)10-2/h16-18,20,29H,4,6,9-15,19H2,1-3,5,7-8H3. The van der Waals surface area contributed by atoms with Crippen LogP contribution in [-0.2, 0) is 19.3 Å². The van der Waals surface area contributed by atoms with E-state index in [4.69, 9.17) is 0 Å². The van der Waals surface area contributed by atoms with Gasteiger partial charge in [0.25, 0.3) is 0 Å². The average molecular weight is 418 g/mol. The van der Waals surface area contributed by atoms with E-state index in [0.29, 0.717) is 6.04 Å². The molecule has 3 rings (SSSR count). The van der Waals surface area contributed by atoms with Crippen molar-refractivity contribution in [1.29, 1.82) is 0 Å². The van der Waals surface area contributed by atoms with Crippen molar-refractivity contribution in [3.8, 4) is 0 Å². The van der Waals surface area contributed by atoms with Gasteiger partial charge in [0.15, 0.2) is 0 Å². The van der Waals surface area contributed by atoms with Crippen LogP contribution in [0.25, 0.3) is 5.70 Å². The number of hydrogen-bond donors (Lipinski definition) is 0. The third-order valence-electron chi connectivity index (χ3n) is 7.61. The summed E-state index contributed by atoms with van der Waals surface area (Å²) < 4.78 is 0. The highest BCUT2D eigenvalue weighted by atomic mass is 15.2. The molecule has 1 heteroatoms. The molecule has 1 nitrogen and oxygen atoms in total. The third kappa shape index (κ3) is 4.76. The molecule has 0 spiro atoms. The summed E-state index contributed by atoms with van der Waals surface area (Å²) in [7, 11) is 0. The second-order valence-electron chi connectivity index (χ2n) is 10.3. The molecule has 1 aromatic carbocycles. The lowest BCUT2D eigenvalue weighted by Gasteiger charge is -2.48. The molecule has 0 amide bonds. The molecule has 0 saturated carbocycles. The lowest BCUT2D eigenvalue weighted by Crippen LogP contribution is -2.46. The lowest BCUT2D eigenvalue weighted by atomic mass is 9.73. The Morgan fingerprint density at radius 1 is 1.10 bits per heavy atom. The van der Waals surface area contributed by atoms with Crippen LogP contribution in [0.4, 0.5) is 0 Å². The predicted molar refractivity (Wildman–Crippen MR) is 137 cm³/mol. The van der Waals surface area contributed by atoms with Gasteiger partial charge in [-0.25, -0.2) is 0 Å². The number of rotatable bonds is 9. The minimum absolute atomic E-state index is 0.219. The zero-order chi connectivity index (χ0) is 22.8. The Balaban J connectivity index is 2.08. The van der Waals surface area contributed by atoms with Gasteiger partial charge in [-0.05, 0) is 90.0 Å². The molecule has 168 valence electrons. The lowest BCUT2D eigenvalue weighted by molar-refractivity contribution is 0.163. The van der Waals surface area contributed by atoms with E-state index < -0.39 is 0 Å². The van der Waals surface area contributed by atoms with Crippen molar-refractivity contribution in [3.05, 3.63) is 76.5 Å². The van der Waals surface area contributed by atoms with Gasteiger partial charge in [0, 0.05) is 23.5 Å². The number of allylic oxidation sites excluding steroid dienone is 4. The second kappa shape index (κ2) is 9.63. The van der Waals surface area contributed by atoms with Crippen LogP contribution >= 0.6 is 0 Å². The highest BCUT2D eigenvalue weighted by Crippen LogP contribution is 2.45. The molecule has 2 aliphatic rings. The van der Waals surface area contributed by atoms with Crippen molar-refractivity contribution >= 4 is 5.70 Å². The Labute approximate surface area is 191 Å². The summed E-state index contributed by atoms with van der Waals surface area (Å²) >= 11 is 0. The van der Waals surface area contributed by atoms with E-state index in [-0.39, 0.29) is 5.41 Å². The summed E-state index contributed by atoms with van der Waals surface area (Å²) in [5, 5.41) is 0. The molecule has 1 unspecified atom stereocenters. The highest BCUT2D eigenvalue weighted by Gasteiger charge is 2.39. The first-order valence-electron chi connectivity index (χ1n) is 12.5. The maximum Gasteiger partial charge on any atom is 0.0491 e. The van der Waals surface area contributed by atoms with E-state index in [1.807, 2.05) is 0 Å². The molecule has 2 aliphatic heterocycles. The van der Waals surface area contributed by atoms with Crippen LogP contribution in [0.3, 0.4) is 0 Å². The fourth-order valence-electron chi connectivity index (χ4n) is 5.11. The first-order chi connectivity index (χ1) is 14.7. The molecule has 0 aromatic heterocycles. The molecule has 2 heterocycles. The molecule has 0 aliphatic carbocycles. The third-order valence-corrected chi connectivity index (χ3v) is 7.61. The monoisotopic (exact) mass is 417 g/mol. The molecule has 0 N–H and O–H groups in total. The summed E-state index contributed by atoms with van der Waals surface area (Å²) in [6, 6.07) is 5.49. The summed E-state index contributed by atoms with van der Waals surface area (Å²) in [4.78, 5) is 2.55. The number of nitrogens with zero attached hydrogens (tertiary/aromatic N) is 1. The SMILES string of the molecule is C=C(C)C1=CN2C(=CC1=C)c1cc(CC)c(CCCCCC)cc1CC2C(C)(C)CC. The smallest absolute Gasteiger partial charge is 0.0491 e. The quantitative estimate of drug-likeness (QED) is 0.364. The summed E-state index contributed by atoms with van der Waals surface area (Å²) in [6.45, 7) is 22.4. The number of hydrogen-bond acceptors (Lipinski definition) is 1. The van der Waals surface area contributed by atoms with Gasteiger partial charge in [-0.15, -0.1) is 0 Å². The Morgan fingerprint density at radius 3 is 2.45 bits per heavy atom. The van der Waals surface area contributed by atoms with Gasteiger partial charge in [-0.2, -0.15) is 0 Å². The van der Waals surface area contributed by atoms with Crippen LogP contribution in [-0.4, -0.2) is 10.9 Å². The number of aryl methyl sites for hydroxylation is 2. The molecular weight excluding hydrogens is 374 g/mol. The van der Waals surface area contributed by atoms with Gasteiger partial charge in [0.05, 0.1) is 0 Å². The minimum Gasteiger partial charge on any atom is -0.343 e. The van der Waals surface area contributed by atoms with Gasteiger partial charge >= 0.3 is 0 Å². The first-order valence-corrected chi connectivity index (χ1v) is 12.5. The van der Waals surface area contributed by atoms with Crippen molar-refractivity contribution in [2.75, 3.05) is 0 Å². The van der Waals surface area contributed by atoms with Crippen LogP contribution in [0.5, 0.6) is 0 Å². The molecule has 0 radical (unpaired) electrons. The molecule has 0 fully saturated rings. The van der Waals surface area contributed by atoms with Crippen molar-refractivity contribution in [1.82, 2.24) is 4.90 Å². The predicted octanol–water partition coefficient (Wildman–Crippen LogP) is 8.41. The molecular formula is C30H43N. The fourth-order valence-corrected chi connectivity index (χ4v) is 5.11.